The predicted molar refractivity (Wildman–Crippen MR) is 96.7 cm³/mol. The molecular formula is C20H19N3O2. The maximum atomic E-state index is 12.9. The Labute approximate surface area is 146 Å². The zero-order valence-electron chi connectivity index (χ0n) is 14.0. The SMILES string of the molecule is COc1cc(N2CCC(c3ccccc3)C2=O)ccc1-c1cn[nH]c1. The molecule has 2 aromatic carbocycles. The van der Waals surface area contributed by atoms with E-state index in [1.54, 1.807) is 13.3 Å². The fraction of sp³-hybridized carbons (Fsp3) is 0.200. The molecule has 1 unspecified atom stereocenters. The maximum absolute atomic E-state index is 12.9. The van der Waals surface area contributed by atoms with Gasteiger partial charge < -0.3 is 9.64 Å². The number of carbonyl (C=O) groups excluding carboxylic acids is 1. The molecule has 1 fully saturated rings. The zero-order chi connectivity index (χ0) is 17.2. The predicted octanol–water partition coefficient (Wildman–Crippen LogP) is 3.61. The van der Waals surface area contributed by atoms with Crippen LogP contribution in [-0.2, 0) is 4.79 Å². The van der Waals surface area contributed by atoms with Crippen molar-refractivity contribution in [3.8, 4) is 16.9 Å². The van der Waals surface area contributed by atoms with E-state index in [1.807, 2.05) is 59.6 Å². The molecule has 1 amide bonds. The number of H-pyrrole nitrogens is 1. The highest BCUT2D eigenvalue weighted by molar-refractivity contribution is 6.00. The molecule has 0 radical (unpaired) electrons. The highest BCUT2D eigenvalue weighted by Gasteiger charge is 2.33. The first-order valence-electron chi connectivity index (χ1n) is 8.31. The van der Waals surface area contributed by atoms with Gasteiger partial charge in [0.15, 0.2) is 0 Å². The Morgan fingerprint density at radius 3 is 2.76 bits per heavy atom. The van der Waals surface area contributed by atoms with Gasteiger partial charge in [0.05, 0.1) is 19.2 Å². The summed E-state index contributed by atoms with van der Waals surface area (Å²) in [7, 11) is 1.64. The van der Waals surface area contributed by atoms with Gasteiger partial charge in [-0.25, -0.2) is 0 Å². The van der Waals surface area contributed by atoms with Gasteiger partial charge in [0, 0.05) is 35.6 Å². The number of hydrogen-bond acceptors (Lipinski definition) is 3. The third-order valence-electron chi connectivity index (χ3n) is 4.71. The van der Waals surface area contributed by atoms with Gasteiger partial charge in [0.25, 0.3) is 0 Å². The molecule has 0 saturated carbocycles. The van der Waals surface area contributed by atoms with Gasteiger partial charge in [-0.3, -0.25) is 9.89 Å². The van der Waals surface area contributed by atoms with Crippen LogP contribution < -0.4 is 9.64 Å². The Bertz CT molecular complexity index is 875. The number of hydrogen-bond donors (Lipinski definition) is 1. The van der Waals surface area contributed by atoms with Gasteiger partial charge in [0.1, 0.15) is 5.75 Å². The van der Waals surface area contributed by atoms with Gasteiger partial charge in [-0.05, 0) is 24.1 Å². The summed E-state index contributed by atoms with van der Waals surface area (Å²) in [5.41, 5.74) is 3.86. The fourth-order valence-corrected chi connectivity index (χ4v) is 3.42. The zero-order valence-corrected chi connectivity index (χ0v) is 14.0. The smallest absolute Gasteiger partial charge is 0.234 e. The second kappa shape index (κ2) is 6.43. The summed E-state index contributed by atoms with van der Waals surface area (Å²) >= 11 is 0. The Morgan fingerprint density at radius 1 is 1.20 bits per heavy atom. The van der Waals surface area contributed by atoms with Crippen LogP contribution in [0.2, 0.25) is 0 Å². The lowest BCUT2D eigenvalue weighted by Gasteiger charge is -2.19. The van der Waals surface area contributed by atoms with Crippen molar-refractivity contribution in [2.75, 3.05) is 18.6 Å². The quantitative estimate of drug-likeness (QED) is 0.793. The highest BCUT2D eigenvalue weighted by atomic mass is 16.5. The topological polar surface area (TPSA) is 58.2 Å². The lowest BCUT2D eigenvalue weighted by molar-refractivity contribution is -0.118. The van der Waals surface area contributed by atoms with E-state index in [9.17, 15) is 4.79 Å². The fourth-order valence-electron chi connectivity index (χ4n) is 3.42. The van der Waals surface area contributed by atoms with Crippen LogP contribution >= 0.6 is 0 Å². The number of methoxy groups -OCH3 is 1. The number of aromatic amines is 1. The Morgan fingerprint density at radius 2 is 2.04 bits per heavy atom. The number of ether oxygens (including phenoxy) is 1. The lowest BCUT2D eigenvalue weighted by atomic mass is 9.98. The molecule has 1 aromatic heterocycles. The first-order chi connectivity index (χ1) is 12.3. The summed E-state index contributed by atoms with van der Waals surface area (Å²) in [6.45, 7) is 0.715. The van der Waals surface area contributed by atoms with Crippen LogP contribution in [0.3, 0.4) is 0 Å². The van der Waals surface area contributed by atoms with Crippen molar-refractivity contribution in [2.24, 2.45) is 0 Å². The lowest BCUT2D eigenvalue weighted by Crippen LogP contribution is -2.26. The molecule has 1 N–H and O–H groups in total. The minimum atomic E-state index is -0.0688. The molecule has 1 saturated heterocycles. The molecule has 2 heterocycles. The molecule has 25 heavy (non-hydrogen) atoms. The Balaban J connectivity index is 1.63. The number of anilines is 1. The molecule has 5 nitrogen and oxygen atoms in total. The molecule has 1 aliphatic rings. The van der Waals surface area contributed by atoms with Crippen LogP contribution in [0, 0.1) is 0 Å². The summed E-state index contributed by atoms with van der Waals surface area (Å²) in [4.78, 5) is 14.7. The number of aromatic nitrogens is 2. The highest BCUT2D eigenvalue weighted by Crippen LogP contribution is 2.37. The monoisotopic (exact) mass is 333 g/mol. The Kier molecular flexibility index (Phi) is 3.98. The van der Waals surface area contributed by atoms with E-state index in [0.29, 0.717) is 6.54 Å². The van der Waals surface area contributed by atoms with E-state index in [-0.39, 0.29) is 11.8 Å². The summed E-state index contributed by atoms with van der Waals surface area (Å²) in [6.07, 6.45) is 4.41. The first-order valence-corrected chi connectivity index (χ1v) is 8.31. The molecule has 0 bridgehead atoms. The van der Waals surface area contributed by atoms with Crippen molar-refractivity contribution in [3.05, 3.63) is 66.5 Å². The van der Waals surface area contributed by atoms with Crippen LogP contribution in [0.1, 0.15) is 17.9 Å². The molecular weight excluding hydrogens is 314 g/mol. The van der Waals surface area contributed by atoms with Crippen molar-refractivity contribution < 1.29 is 9.53 Å². The molecule has 0 spiro atoms. The van der Waals surface area contributed by atoms with Crippen molar-refractivity contribution in [1.82, 2.24) is 10.2 Å². The van der Waals surface area contributed by atoms with E-state index >= 15 is 0 Å². The van der Waals surface area contributed by atoms with Crippen LogP contribution in [0.4, 0.5) is 5.69 Å². The number of benzene rings is 2. The second-order valence-electron chi connectivity index (χ2n) is 6.11. The molecule has 3 aromatic rings. The average molecular weight is 333 g/mol. The number of nitrogens with one attached hydrogen (secondary N) is 1. The minimum Gasteiger partial charge on any atom is -0.496 e. The van der Waals surface area contributed by atoms with Crippen LogP contribution in [0.15, 0.2) is 60.9 Å². The van der Waals surface area contributed by atoms with Crippen molar-refractivity contribution in [2.45, 2.75) is 12.3 Å². The van der Waals surface area contributed by atoms with E-state index in [4.69, 9.17) is 4.74 Å². The normalized spacial score (nSPS) is 17.1. The maximum Gasteiger partial charge on any atom is 0.234 e. The number of amides is 1. The van der Waals surface area contributed by atoms with Gasteiger partial charge in [-0.1, -0.05) is 30.3 Å². The molecule has 4 rings (SSSR count). The summed E-state index contributed by atoms with van der Waals surface area (Å²) in [5.74, 6) is 0.805. The Hall–Kier alpha value is -3.08. The van der Waals surface area contributed by atoms with Gasteiger partial charge >= 0.3 is 0 Å². The second-order valence-corrected chi connectivity index (χ2v) is 6.11. The number of carbonyl (C=O) groups is 1. The standard InChI is InChI=1S/C20H19N3O2/c1-25-19-11-16(7-8-17(19)15-12-21-22-13-15)23-10-9-18(20(23)24)14-5-3-2-4-6-14/h2-8,11-13,18H,9-10H2,1H3,(H,21,22). The van der Waals surface area contributed by atoms with Crippen molar-refractivity contribution in [1.29, 1.82) is 0 Å². The average Bonchev–Trinajstić information content (AvgIpc) is 3.32. The van der Waals surface area contributed by atoms with E-state index < -0.39 is 0 Å². The van der Waals surface area contributed by atoms with Crippen molar-refractivity contribution >= 4 is 11.6 Å². The van der Waals surface area contributed by atoms with E-state index in [2.05, 4.69) is 10.2 Å². The molecule has 1 aliphatic heterocycles. The largest absolute Gasteiger partial charge is 0.496 e. The first kappa shape index (κ1) is 15.4. The molecule has 126 valence electrons. The number of nitrogens with zero attached hydrogens (tertiary/aromatic N) is 2. The van der Waals surface area contributed by atoms with Crippen LogP contribution in [0.5, 0.6) is 5.75 Å². The summed E-state index contributed by atoms with van der Waals surface area (Å²) in [5, 5.41) is 6.79. The summed E-state index contributed by atoms with van der Waals surface area (Å²) < 4.78 is 5.54. The van der Waals surface area contributed by atoms with Crippen molar-refractivity contribution in [3.63, 3.8) is 0 Å². The third-order valence-corrected chi connectivity index (χ3v) is 4.71. The van der Waals surface area contributed by atoms with Gasteiger partial charge in [0.2, 0.25) is 5.91 Å². The van der Waals surface area contributed by atoms with E-state index in [0.717, 1.165) is 34.5 Å². The van der Waals surface area contributed by atoms with Crippen LogP contribution in [0.25, 0.3) is 11.1 Å². The summed E-state index contributed by atoms with van der Waals surface area (Å²) in [6, 6.07) is 15.8. The molecule has 5 heteroatoms. The minimum absolute atomic E-state index is 0.0688. The third kappa shape index (κ3) is 2.78. The van der Waals surface area contributed by atoms with Crippen LogP contribution in [-0.4, -0.2) is 29.8 Å². The van der Waals surface area contributed by atoms with Gasteiger partial charge in [-0.15, -0.1) is 0 Å². The van der Waals surface area contributed by atoms with E-state index in [1.165, 1.54) is 0 Å². The number of rotatable bonds is 4. The molecule has 1 atom stereocenters. The molecule has 0 aliphatic carbocycles. The van der Waals surface area contributed by atoms with Gasteiger partial charge in [-0.2, -0.15) is 5.10 Å².